The Bertz CT molecular complexity index is 1750. The summed E-state index contributed by atoms with van der Waals surface area (Å²) < 4.78 is 56.0. The molecule has 4 rings (SSSR count). The van der Waals surface area contributed by atoms with E-state index in [0.29, 0.717) is 36.7 Å². The minimum atomic E-state index is -4.85. The van der Waals surface area contributed by atoms with Crippen LogP contribution >= 0.6 is 12.2 Å². The molecule has 9 nitrogen and oxygen atoms in total. The molecule has 246 valence electrons. The zero-order valence-corrected chi connectivity index (χ0v) is 26.4. The molecule has 3 amide bonds. The highest BCUT2D eigenvalue weighted by atomic mass is 32.1. The van der Waals surface area contributed by atoms with Gasteiger partial charge in [0.15, 0.2) is 5.11 Å². The number of carbonyl (C=O) groups is 3. The number of para-hydroxylation sites is 2. The van der Waals surface area contributed by atoms with Crippen molar-refractivity contribution >= 4 is 57.8 Å². The standard InChI is InChI=1S/C33H32F4N6O3S/c1-32(2)30(46)42(21-13-12-20(19-38)24(17-21)33(35,36)37)31(47)43(32)22-14-15-23(25(34)18-22)29(45)40-16-8-4-3-5-11-28(44)41-27-10-7-6-9-26(27)39/h6-7,9-10,12-15,17-18H,3-5,8,11,16,39H2,1-2H3,(H,40,45)(H,41,44). The number of nitriles is 1. The number of hydrogen-bond donors (Lipinski definition) is 3. The minimum Gasteiger partial charge on any atom is -0.397 e. The number of alkyl halides is 3. The second-order valence-electron chi connectivity index (χ2n) is 11.4. The van der Waals surface area contributed by atoms with Crippen LogP contribution in [0.15, 0.2) is 60.7 Å². The van der Waals surface area contributed by atoms with Crippen LogP contribution in [0.25, 0.3) is 0 Å². The number of benzene rings is 3. The van der Waals surface area contributed by atoms with Crippen molar-refractivity contribution in [3.63, 3.8) is 0 Å². The summed E-state index contributed by atoms with van der Waals surface area (Å²) >= 11 is 5.48. The van der Waals surface area contributed by atoms with Gasteiger partial charge in [-0.15, -0.1) is 0 Å². The molecule has 0 saturated carbocycles. The monoisotopic (exact) mass is 668 g/mol. The Hall–Kier alpha value is -5.03. The lowest BCUT2D eigenvalue weighted by Gasteiger charge is -2.29. The Morgan fingerprint density at radius 3 is 2.34 bits per heavy atom. The number of hydrogen-bond acceptors (Lipinski definition) is 6. The van der Waals surface area contributed by atoms with Crippen molar-refractivity contribution in [3.8, 4) is 6.07 Å². The van der Waals surface area contributed by atoms with E-state index in [2.05, 4.69) is 10.6 Å². The summed E-state index contributed by atoms with van der Waals surface area (Å²) in [5, 5.41) is 14.3. The second kappa shape index (κ2) is 14.2. The van der Waals surface area contributed by atoms with E-state index in [0.717, 1.165) is 29.9 Å². The molecule has 0 aromatic heterocycles. The maximum Gasteiger partial charge on any atom is 0.417 e. The number of unbranched alkanes of at least 4 members (excludes halogenated alkanes) is 3. The Labute approximate surface area is 274 Å². The first-order chi connectivity index (χ1) is 22.2. The van der Waals surface area contributed by atoms with Crippen molar-refractivity contribution < 1.29 is 31.9 Å². The van der Waals surface area contributed by atoms with Crippen LogP contribution in [0, 0.1) is 17.1 Å². The quantitative estimate of drug-likeness (QED) is 0.0916. The molecule has 1 saturated heterocycles. The third kappa shape index (κ3) is 7.69. The molecule has 47 heavy (non-hydrogen) atoms. The van der Waals surface area contributed by atoms with Crippen molar-refractivity contribution in [3.05, 3.63) is 83.2 Å². The number of carbonyl (C=O) groups excluding carboxylic acids is 3. The van der Waals surface area contributed by atoms with E-state index in [9.17, 15) is 27.6 Å². The van der Waals surface area contributed by atoms with Crippen LogP contribution in [0.2, 0.25) is 0 Å². The number of nitrogens with two attached hydrogens (primary N) is 1. The van der Waals surface area contributed by atoms with Crippen molar-refractivity contribution in [1.29, 1.82) is 5.26 Å². The Balaban J connectivity index is 1.33. The molecular formula is C33H32F4N6O3S. The fraction of sp³-hybridized carbons (Fsp3) is 0.303. The molecule has 3 aromatic carbocycles. The van der Waals surface area contributed by atoms with E-state index in [-0.39, 0.29) is 34.5 Å². The van der Waals surface area contributed by atoms with E-state index >= 15 is 4.39 Å². The fourth-order valence-corrected chi connectivity index (χ4v) is 5.69. The SMILES string of the molecule is CC1(C)C(=O)N(c2ccc(C#N)c(C(F)(F)F)c2)C(=S)N1c1ccc(C(=O)NCCCCCCC(=O)Nc2ccccc2N)c(F)c1. The topological polar surface area (TPSA) is 132 Å². The van der Waals surface area contributed by atoms with Gasteiger partial charge in [0, 0.05) is 18.7 Å². The molecule has 0 radical (unpaired) electrons. The largest absolute Gasteiger partial charge is 0.417 e. The summed E-state index contributed by atoms with van der Waals surface area (Å²) in [4.78, 5) is 40.4. The highest BCUT2D eigenvalue weighted by Crippen LogP contribution is 2.40. The minimum absolute atomic E-state index is 0.119. The fourth-order valence-electron chi connectivity index (χ4n) is 5.17. The number of thiocarbonyl (C=S) groups is 1. The summed E-state index contributed by atoms with van der Waals surface area (Å²) in [6.07, 6.45) is -1.79. The summed E-state index contributed by atoms with van der Waals surface area (Å²) in [5.41, 5.74) is 3.31. The molecule has 1 aliphatic heterocycles. The van der Waals surface area contributed by atoms with E-state index in [1.54, 1.807) is 24.3 Å². The predicted molar refractivity (Wildman–Crippen MR) is 174 cm³/mol. The van der Waals surface area contributed by atoms with Gasteiger partial charge in [-0.2, -0.15) is 18.4 Å². The van der Waals surface area contributed by atoms with Gasteiger partial charge >= 0.3 is 6.18 Å². The summed E-state index contributed by atoms with van der Waals surface area (Å²) in [7, 11) is 0. The molecule has 4 N–H and O–H groups in total. The van der Waals surface area contributed by atoms with Gasteiger partial charge in [-0.3, -0.25) is 19.3 Å². The molecule has 14 heteroatoms. The van der Waals surface area contributed by atoms with Crippen molar-refractivity contribution in [2.24, 2.45) is 0 Å². The number of nitrogen functional groups attached to an aromatic ring is 1. The molecule has 0 bridgehead atoms. The zero-order valence-electron chi connectivity index (χ0n) is 25.6. The Morgan fingerprint density at radius 2 is 1.68 bits per heavy atom. The van der Waals surface area contributed by atoms with Gasteiger partial charge in [-0.25, -0.2) is 4.39 Å². The molecule has 3 aromatic rings. The highest BCUT2D eigenvalue weighted by Gasteiger charge is 2.51. The van der Waals surface area contributed by atoms with E-state index in [4.69, 9.17) is 23.2 Å². The van der Waals surface area contributed by atoms with Crippen LogP contribution in [-0.4, -0.2) is 34.9 Å². The molecule has 0 spiro atoms. The van der Waals surface area contributed by atoms with Crippen molar-refractivity contribution in [2.75, 3.05) is 27.4 Å². The van der Waals surface area contributed by atoms with Crippen molar-refractivity contribution in [2.45, 2.75) is 57.7 Å². The molecule has 1 fully saturated rings. The number of rotatable bonds is 11. The van der Waals surface area contributed by atoms with E-state index < -0.39 is 40.5 Å². The maximum absolute atomic E-state index is 15.2. The maximum atomic E-state index is 15.2. The lowest BCUT2D eigenvalue weighted by Crippen LogP contribution is -2.44. The molecule has 1 aliphatic rings. The van der Waals surface area contributed by atoms with Crippen LogP contribution < -0.4 is 26.2 Å². The van der Waals surface area contributed by atoms with Crippen LogP contribution in [0.1, 0.15) is 67.4 Å². The third-order valence-electron chi connectivity index (χ3n) is 7.66. The van der Waals surface area contributed by atoms with Gasteiger partial charge in [-0.1, -0.05) is 25.0 Å². The Morgan fingerprint density at radius 1 is 1.00 bits per heavy atom. The van der Waals surface area contributed by atoms with E-state index in [1.807, 2.05) is 0 Å². The van der Waals surface area contributed by atoms with Gasteiger partial charge < -0.3 is 21.3 Å². The molecular weight excluding hydrogens is 636 g/mol. The van der Waals surface area contributed by atoms with Crippen LogP contribution in [0.3, 0.4) is 0 Å². The van der Waals surface area contributed by atoms with Crippen molar-refractivity contribution in [1.82, 2.24) is 5.32 Å². The molecule has 0 unspecified atom stereocenters. The van der Waals surface area contributed by atoms with Gasteiger partial charge in [0.2, 0.25) is 5.91 Å². The van der Waals surface area contributed by atoms with Crippen LogP contribution in [0.5, 0.6) is 0 Å². The number of halogens is 4. The lowest BCUT2D eigenvalue weighted by atomic mass is 10.0. The summed E-state index contributed by atoms with van der Waals surface area (Å²) in [6, 6.07) is 15.0. The second-order valence-corrected chi connectivity index (χ2v) is 11.7. The number of nitrogens with one attached hydrogen (secondary N) is 2. The van der Waals surface area contributed by atoms with Gasteiger partial charge in [0.05, 0.1) is 39.8 Å². The normalized spacial score (nSPS) is 14.2. The Kier molecular flexibility index (Phi) is 10.5. The molecule has 0 aliphatic carbocycles. The third-order valence-corrected chi connectivity index (χ3v) is 8.03. The molecule has 0 atom stereocenters. The number of nitrogens with zero attached hydrogens (tertiary/aromatic N) is 3. The van der Waals surface area contributed by atoms with Gasteiger partial charge in [0.25, 0.3) is 11.8 Å². The average Bonchev–Trinajstić information content (AvgIpc) is 3.19. The lowest BCUT2D eigenvalue weighted by molar-refractivity contribution is -0.137. The van der Waals surface area contributed by atoms with Crippen LogP contribution in [0.4, 0.5) is 40.3 Å². The first-order valence-corrected chi connectivity index (χ1v) is 15.1. The molecule has 1 heterocycles. The summed E-state index contributed by atoms with van der Waals surface area (Å²) in [6.45, 7) is 3.25. The number of amides is 3. The van der Waals surface area contributed by atoms with E-state index in [1.165, 1.54) is 43.0 Å². The number of anilines is 4. The summed E-state index contributed by atoms with van der Waals surface area (Å²) in [5.74, 6) is -2.33. The first-order valence-electron chi connectivity index (χ1n) is 14.7. The average molecular weight is 669 g/mol. The smallest absolute Gasteiger partial charge is 0.397 e. The predicted octanol–water partition coefficient (Wildman–Crippen LogP) is 6.53. The first kappa shape index (κ1) is 34.8. The zero-order chi connectivity index (χ0) is 34.5. The van der Waals surface area contributed by atoms with Gasteiger partial charge in [-0.05, 0) is 87.4 Å². The van der Waals surface area contributed by atoms with Crippen LogP contribution in [-0.2, 0) is 15.8 Å². The highest BCUT2D eigenvalue weighted by molar-refractivity contribution is 7.81. The van der Waals surface area contributed by atoms with Gasteiger partial charge in [0.1, 0.15) is 11.4 Å².